The van der Waals surface area contributed by atoms with Gasteiger partial charge in [-0.15, -0.1) is 0 Å². The van der Waals surface area contributed by atoms with Crippen molar-refractivity contribution in [3.05, 3.63) is 153 Å². The van der Waals surface area contributed by atoms with Crippen LogP contribution in [0.5, 0.6) is 0 Å². The molecule has 1 aliphatic carbocycles. The highest BCUT2D eigenvalue weighted by Crippen LogP contribution is 2.45. The molecular formula is C47H39F6N8O4+. The molecular weight excluding hydrogens is 855 g/mol. The molecule has 0 aromatic heterocycles. The Bertz CT molecular complexity index is 2580. The molecule has 8 rings (SSSR count). The highest BCUT2D eigenvalue weighted by Gasteiger charge is 2.48. The fourth-order valence-corrected chi connectivity index (χ4v) is 8.81. The van der Waals surface area contributed by atoms with Crippen molar-refractivity contribution in [2.24, 2.45) is 5.92 Å². The lowest BCUT2D eigenvalue weighted by Crippen LogP contribution is -2.47. The lowest BCUT2D eigenvalue weighted by atomic mass is 9.91. The van der Waals surface area contributed by atoms with Crippen LogP contribution in [0.25, 0.3) is 0 Å². The highest BCUT2D eigenvalue weighted by atomic mass is 19.4. The molecule has 4 aromatic carbocycles. The molecule has 0 saturated carbocycles. The number of halogens is 6. The van der Waals surface area contributed by atoms with Gasteiger partial charge in [0.15, 0.2) is 5.78 Å². The second-order valence-electron chi connectivity index (χ2n) is 16.9. The van der Waals surface area contributed by atoms with Crippen LogP contribution in [0.4, 0.5) is 47.3 Å². The Morgan fingerprint density at radius 1 is 0.662 bits per heavy atom. The predicted molar refractivity (Wildman–Crippen MR) is 223 cm³/mol. The molecule has 4 aliphatic rings. The largest absolute Gasteiger partial charge is 0.416 e. The molecule has 3 aliphatic heterocycles. The fraction of sp³-hybridized carbons (Fsp3) is 0.277. The van der Waals surface area contributed by atoms with E-state index in [-0.39, 0.29) is 70.1 Å². The number of hydrogen-bond donors (Lipinski definition) is 2. The number of quaternary nitrogens is 1. The van der Waals surface area contributed by atoms with Crippen LogP contribution >= 0.6 is 0 Å². The van der Waals surface area contributed by atoms with Crippen molar-refractivity contribution in [1.29, 1.82) is 10.5 Å². The van der Waals surface area contributed by atoms with Gasteiger partial charge in [-0.25, -0.2) is 9.59 Å². The number of carbonyl (C=O) groups is 4. The van der Waals surface area contributed by atoms with Crippen molar-refractivity contribution >= 4 is 35.1 Å². The lowest BCUT2D eigenvalue weighted by Gasteiger charge is -2.34. The predicted octanol–water partition coefficient (Wildman–Crippen LogP) is 8.12. The van der Waals surface area contributed by atoms with E-state index in [0.29, 0.717) is 35.3 Å². The molecule has 0 radical (unpaired) electrons. The van der Waals surface area contributed by atoms with E-state index in [1.165, 1.54) is 41.3 Å². The molecule has 1 unspecified atom stereocenters. The summed E-state index contributed by atoms with van der Waals surface area (Å²) in [6.07, 6.45) is -9.06. The SMILES string of the molecule is C[N+](C)(CCC1CC2=C(C1=O)[C@@H](c1ccc(C#N)cc1)NC(=O)N2c1cccc(C(F)(F)F)c1)CCN1CC2=C(C1=O)[C@@H](c1ccc(C#N)cc1)NC(=O)N2c1cccc(C(F)(F)F)c1. The van der Waals surface area contributed by atoms with Crippen LogP contribution < -0.4 is 20.4 Å². The Balaban J connectivity index is 1.02. The van der Waals surface area contributed by atoms with Crippen molar-refractivity contribution in [2.75, 3.05) is 50.1 Å². The number of amides is 5. The van der Waals surface area contributed by atoms with E-state index in [1.807, 2.05) is 26.2 Å². The van der Waals surface area contributed by atoms with Crippen molar-refractivity contribution in [3.63, 3.8) is 0 Å². The van der Waals surface area contributed by atoms with Gasteiger partial charge in [-0.05, 0) is 78.2 Å². The first-order valence-electron chi connectivity index (χ1n) is 20.5. The average Bonchev–Trinajstić information content (AvgIpc) is 3.78. The maximum atomic E-state index is 14.4. The number of likely N-dealkylation sites (N-methyl/N-ethyl adjacent to an activating group) is 1. The number of nitriles is 2. The normalized spacial score (nSPS) is 20.1. The van der Waals surface area contributed by atoms with Gasteiger partial charge in [-0.2, -0.15) is 36.9 Å². The number of urea groups is 2. The van der Waals surface area contributed by atoms with Crippen LogP contribution in [0.15, 0.2) is 120 Å². The van der Waals surface area contributed by atoms with Gasteiger partial charge in [0.05, 0.1) is 109 Å². The molecule has 3 heterocycles. The van der Waals surface area contributed by atoms with Crippen LogP contribution in [-0.2, 0) is 21.9 Å². The van der Waals surface area contributed by atoms with E-state index in [4.69, 9.17) is 0 Å². The summed E-state index contributed by atoms with van der Waals surface area (Å²) in [6.45, 7) is 0.741. The molecule has 0 bridgehead atoms. The van der Waals surface area contributed by atoms with Crippen LogP contribution in [-0.4, -0.2) is 73.4 Å². The van der Waals surface area contributed by atoms with Gasteiger partial charge in [0.2, 0.25) is 0 Å². The zero-order valence-corrected chi connectivity index (χ0v) is 34.8. The van der Waals surface area contributed by atoms with E-state index < -0.39 is 59.5 Å². The third-order valence-electron chi connectivity index (χ3n) is 12.3. The lowest BCUT2D eigenvalue weighted by molar-refractivity contribution is -0.890. The molecule has 5 amide bonds. The third-order valence-corrected chi connectivity index (χ3v) is 12.3. The van der Waals surface area contributed by atoms with Gasteiger partial charge in [0, 0.05) is 23.6 Å². The van der Waals surface area contributed by atoms with Crippen LogP contribution in [0.1, 0.15) is 58.3 Å². The first-order valence-corrected chi connectivity index (χ1v) is 20.5. The average molecular weight is 894 g/mol. The Kier molecular flexibility index (Phi) is 11.3. The van der Waals surface area contributed by atoms with Gasteiger partial charge in [-0.3, -0.25) is 19.4 Å². The van der Waals surface area contributed by atoms with E-state index in [9.17, 15) is 56.0 Å². The molecule has 0 fully saturated rings. The maximum absolute atomic E-state index is 14.4. The minimum absolute atomic E-state index is 0.0506. The highest BCUT2D eigenvalue weighted by molar-refractivity contribution is 6.09. The number of anilines is 2. The second-order valence-corrected chi connectivity index (χ2v) is 16.9. The minimum Gasteiger partial charge on any atom is -0.327 e. The number of ketones is 1. The number of benzene rings is 4. The van der Waals surface area contributed by atoms with Gasteiger partial charge in [0.25, 0.3) is 5.91 Å². The summed E-state index contributed by atoms with van der Waals surface area (Å²) in [5, 5.41) is 24.3. The Labute approximate surface area is 368 Å². The van der Waals surface area contributed by atoms with Crippen molar-refractivity contribution in [1.82, 2.24) is 15.5 Å². The molecule has 332 valence electrons. The molecule has 0 spiro atoms. The number of Topliss-reactive ketones (excluding diaryl/α,β-unsaturated/α-hetero) is 1. The summed E-state index contributed by atoms with van der Waals surface area (Å²) < 4.78 is 83.1. The van der Waals surface area contributed by atoms with Gasteiger partial charge < -0.3 is 20.0 Å². The quantitative estimate of drug-likeness (QED) is 0.121. The molecule has 18 heteroatoms. The molecule has 65 heavy (non-hydrogen) atoms. The topological polar surface area (TPSA) is 150 Å². The minimum atomic E-state index is -4.70. The second kappa shape index (κ2) is 16.6. The Morgan fingerprint density at radius 3 is 1.62 bits per heavy atom. The summed E-state index contributed by atoms with van der Waals surface area (Å²) in [7, 11) is 3.78. The molecule has 3 atom stereocenters. The molecule has 2 N–H and O–H groups in total. The van der Waals surface area contributed by atoms with Crippen molar-refractivity contribution in [2.45, 2.75) is 37.3 Å². The van der Waals surface area contributed by atoms with Crippen molar-refractivity contribution in [3.8, 4) is 12.1 Å². The van der Waals surface area contributed by atoms with Gasteiger partial charge in [0.1, 0.15) is 0 Å². The number of nitrogens with zero attached hydrogens (tertiary/aromatic N) is 6. The van der Waals surface area contributed by atoms with Crippen LogP contribution in [0.2, 0.25) is 0 Å². The molecule has 0 saturated heterocycles. The number of carbonyl (C=O) groups excluding carboxylic acids is 4. The van der Waals surface area contributed by atoms with E-state index in [0.717, 1.165) is 34.1 Å². The summed E-state index contributed by atoms with van der Waals surface area (Å²) in [5.74, 6) is -1.42. The molecule has 4 aromatic rings. The van der Waals surface area contributed by atoms with E-state index in [1.54, 1.807) is 36.4 Å². The maximum Gasteiger partial charge on any atom is 0.416 e. The standard InChI is InChI=1S/C47H38F6N8O4/c1-61(2,19-17-31-21-36-38(42(31)62)40(29-13-9-27(24-54)10-14-29)56-44(64)59(36)34-7-3-5-32(22-34)46(48,49)50)20-18-58-26-37-39(43(58)63)41(30-15-11-28(25-55)12-16-30)57-45(65)60(37)35-8-4-6-33(23-35)47(51,52)53/h3-16,22-23,31,40-41H,17-21,26H2,1-2H3,(H-,56,57,64,65)/p+1/t31?,40-,41-/m1/s1. The van der Waals surface area contributed by atoms with E-state index >= 15 is 0 Å². The third kappa shape index (κ3) is 8.52. The van der Waals surface area contributed by atoms with Crippen molar-refractivity contribution < 1.29 is 50.0 Å². The molecule has 12 nitrogen and oxygen atoms in total. The number of allylic oxidation sites excluding steroid dienone is 1. The zero-order valence-electron chi connectivity index (χ0n) is 34.8. The summed E-state index contributed by atoms with van der Waals surface area (Å²) in [6, 6.07) is 21.8. The number of alkyl halides is 6. The Morgan fingerprint density at radius 2 is 1.14 bits per heavy atom. The number of nitrogens with one attached hydrogen (secondary N) is 2. The van der Waals surface area contributed by atoms with Gasteiger partial charge in [-0.1, -0.05) is 36.4 Å². The smallest absolute Gasteiger partial charge is 0.327 e. The van der Waals surface area contributed by atoms with E-state index in [2.05, 4.69) is 10.6 Å². The monoisotopic (exact) mass is 893 g/mol. The summed E-state index contributed by atoms with van der Waals surface area (Å²) in [5.41, 5.74) is 0.454. The first kappa shape index (κ1) is 44.2. The van der Waals surface area contributed by atoms with Crippen LogP contribution in [0, 0.1) is 28.6 Å². The van der Waals surface area contributed by atoms with Crippen LogP contribution in [0.3, 0.4) is 0 Å². The number of rotatable bonds is 10. The first-order chi connectivity index (χ1) is 30.8. The fourth-order valence-electron chi connectivity index (χ4n) is 8.81. The Hall–Kier alpha value is -7.44. The zero-order chi connectivity index (χ0) is 46.6. The summed E-state index contributed by atoms with van der Waals surface area (Å²) >= 11 is 0. The van der Waals surface area contributed by atoms with Gasteiger partial charge >= 0.3 is 24.4 Å². The number of hydrogen-bond acceptors (Lipinski definition) is 6. The summed E-state index contributed by atoms with van der Waals surface area (Å²) in [4.78, 5) is 60.0.